The molecule has 1 rings (SSSR count). The molecule has 0 heterocycles. The van der Waals surface area contributed by atoms with Crippen molar-refractivity contribution in [2.45, 2.75) is 11.8 Å². The van der Waals surface area contributed by atoms with E-state index in [9.17, 15) is 4.39 Å². The Kier molecular flexibility index (Phi) is 3.95. The van der Waals surface area contributed by atoms with E-state index in [4.69, 9.17) is 11.1 Å². The Hall–Kier alpha value is -1.03. The Labute approximate surface area is 87.2 Å². The predicted molar refractivity (Wildman–Crippen MR) is 58.2 cm³/mol. The van der Waals surface area contributed by atoms with Crippen LogP contribution in [0.5, 0.6) is 0 Å². The lowest BCUT2D eigenvalue weighted by Crippen LogP contribution is -2.21. The molecule has 0 aliphatic heterocycles. The highest BCUT2D eigenvalue weighted by Crippen LogP contribution is 2.23. The van der Waals surface area contributed by atoms with E-state index in [-0.39, 0.29) is 17.6 Å². The first-order chi connectivity index (χ1) is 6.61. The minimum absolute atomic E-state index is 0.0143. The fraction of sp³-hybridized carbons (Fsp3) is 0.300. The van der Waals surface area contributed by atoms with Crippen molar-refractivity contribution in [3.8, 4) is 0 Å². The number of hydrogen-bond acceptors (Lipinski definition) is 2. The summed E-state index contributed by atoms with van der Waals surface area (Å²) in [6, 6.07) is 6.62. The second kappa shape index (κ2) is 5.00. The van der Waals surface area contributed by atoms with E-state index in [2.05, 4.69) is 0 Å². The van der Waals surface area contributed by atoms with Crippen LogP contribution in [0, 0.1) is 17.1 Å². The van der Waals surface area contributed by atoms with Gasteiger partial charge < -0.3 is 5.73 Å². The zero-order valence-electron chi connectivity index (χ0n) is 7.96. The van der Waals surface area contributed by atoms with Gasteiger partial charge in [0.1, 0.15) is 5.82 Å². The van der Waals surface area contributed by atoms with E-state index < -0.39 is 0 Å². The average Bonchev–Trinajstić information content (AvgIpc) is 2.16. The van der Waals surface area contributed by atoms with Crippen LogP contribution < -0.4 is 5.73 Å². The van der Waals surface area contributed by atoms with Crippen molar-refractivity contribution >= 4 is 17.6 Å². The van der Waals surface area contributed by atoms with Gasteiger partial charge in [-0.1, -0.05) is 19.1 Å². The fourth-order valence-electron chi connectivity index (χ4n) is 0.866. The minimum Gasteiger partial charge on any atom is -0.387 e. The van der Waals surface area contributed by atoms with Crippen molar-refractivity contribution in [3.63, 3.8) is 0 Å². The molecule has 76 valence electrons. The molecule has 3 N–H and O–H groups in total. The molecule has 1 unspecified atom stereocenters. The Balaban J connectivity index is 2.54. The van der Waals surface area contributed by atoms with Gasteiger partial charge in [0.2, 0.25) is 0 Å². The van der Waals surface area contributed by atoms with Gasteiger partial charge in [-0.25, -0.2) is 4.39 Å². The van der Waals surface area contributed by atoms with Crippen molar-refractivity contribution in [2.75, 3.05) is 5.75 Å². The van der Waals surface area contributed by atoms with Crippen LogP contribution in [0.15, 0.2) is 29.2 Å². The van der Waals surface area contributed by atoms with Crippen LogP contribution in [0.3, 0.4) is 0 Å². The maximum absolute atomic E-state index is 13.1. The molecule has 1 aromatic carbocycles. The molecule has 0 aliphatic carbocycles. The molecule has 14 heavy (non-hydrogen) atoms. The van der Waals surface area contributed by atoms with E-state index in [1.165, 1.54) is 17.8 Å². The van der Waals surface area contributed by atoms with Gasteiger partial charge in [-0.05, 0) is 12.1 Å². The van der Waals surface area contributed by atoms with E-state index in [1.54, 1.807) is 18.2 Å². The highest BCUT2D eigenvalue weighted by molar-refractivity contribution is 7.99. The molecule has 0 amide bonds. The molecule has 0 saturated heterocycles. The molecule has 0 radical (unpaired) electrons. The van der Waals surface area contributed by atoms with Crippen molar-refractivity contribution in [1.29, 1.82) is 5.41 Å². The van der Waals surface area contributed by atoms with Gasteiger partial charge in [0.15, 0.2) is 0 Å². The molecule has 0 saturated carbocycles. The second-order valence-corrected chi connectivity index (χ2v) is 4.16. The van der Waals surface area contributed by atoms with Crippen molar-refractivity contribution in [1.82, 2.24) is 0 Å². The number of hydrogen-bond donors (Lipinski definition) is 2. The second-order valence-electron chi connectivity index (χ2n) is 3.10. The smallest absolute Gasteiger partial charge is 0.136 e. The van der Waals surface area contributed by atoms with Crippen molar-refractivity contribution in [3.05, 3.63) is 30.1 Å². The monoisotopic (exact) mass is 212 g/mol. The predicted octanol–water partition coefficient (Wildman–Crippen LogP) is 2.49. The fourth-order valence-corrected chi connectivity index (χ4v) is 1.86. The number of nitrogens with two attached hydrogens (primary N) is 1. The Morgan fingerprint density at radius 3 is 2.79 bits per heavy atom. The van der Waals surface area contributed by atoms with Crippen LogP contribution in [0.4, 0.5) is 4.39 Å². The summed E-state index contributed by atoms with van der Waals surface area (Å²) in [5.41, 5.74) is 5.31. The lowest BCUT2D eigenvalue weighted by atomic mass is 10.2. The summed E-state index contributed by atoms with van der Waals surface area (Å²) in [6.07, 6.45) is 0. The first-order valence-corrected chi connectivity index (χ1v) is 5.31. The third-order valence-electron chi connectivity index (χ3n) is 1.86. The third-order valence-corrected chi connectivity index (χ3v) is 3.17. The standard InChI is InChI=1S/C10H13FN2S/c1-7(10(12)13)6-14-9-5-3-2-4-8(9)11/h2-5,7H,6H2,1H3,(H3,12,13). The zero-order chi connectivity index (χ0) is 10.6. The summed E-state index contributed by atoms with van der Waals surface area (Å²) in [5, 5.41) is 7.19. The van der Waals surface area contributed by atoms with Crippen LogP contribution >= 0.6 is 11.8 Å². The maximum Gasteiger partial charge on any atom is 0.136 e. The summed E-state index contributed by atoms with van der Waals surface area (Å²) in [6.45, 7) is 1.86. The number of halogens is 1. The van der Waals surface area contributed by atoms with Crippen LogP contribution in [0.25, 0.3) is 0 Å². The van der Waals surface area contributed by atoms with Crippen LogP contribution in [-0.4, -0.2) is 11.6 Å². The summed E-state index contributed by atoms with van der Waals surface area (Å²) in [5.74, 6) is 0.553. The molecule has 2 nitrogen and oxygen atoms in total. The molecule has 1 aromatic rings. The highest BCUT2D eigenvalue weighted by Gasteiger charge is 2.07. The molecule has 0 fully saturated rings. The van der Waals surface area contributed by atoms with E-state index in [1.807, 2.05) is 6.92 Å². The summed E-state index contributed by atoms with van der Waals surface area (Å²) >= 11 is 1.39. The van der Waals surface area contributed by atoms with E-state index in [0.717, 1.165) is 0 Å². The van der Waals surface area contributed by atoms with Gasteiger partial charge in [0.25, 0.3) is 0 Å². The average molecular weight is 212 g/mol. The SMILES string of the molecule is CC(CSc1ccccc1F)C(=N)N. The topological polar surface area (TPSA) is 49.9 Å². The summed E-state index contributed by atoms with van der Waals surface area (Å²) in [7, 11) is 0. The first kappa shape index (κ1) is 11.0. The molecule has 0 aliphatic rings. The van der Waals surface area contributed by atoms with Gasteiger partial charge in [-0.3, -0.25) is 5.41 Å². The van der Waals surface area contributed by atoms with Gasteiger partial charge in [0, 0.05) is 16.6 Å². The lowest BCUT2D eigenvalue weighted by molar-refractivity contribution is 0.602. The molecule has 0 aromatic heterocycles. The zero-order valence-corrected chi connectivity index (χ0v) is 8.77. The van der Waals surface area contributed by atoms with E-state index in [0.29, 0.717) is 10.6 Å². The van der Waals surface area contributed by atoms with Gasteiger partial charge >= 0.3 is 0 Å². The highest BCUT2D eigenvalue weighted by atomic mass is 32.2. The van der Waals surface area contributed by atoms with Gasteiger partial charge in [-0.2, -0.15) is 0 Å². The Bertz CT molecular complexity index is 328. The number of benzene rings is 1. The number of nitrogens with one attached hydrogen (secondary N) is 1. The number of amidine groups is 1. The molecule has 4 heteroatoms. The Morgan fingerprint density at radius 2 is 2.21 bits per heavy atom. The summed E-state index contributed by atoms with van der Waals surface area (Å²) < 4.78 is 13.1. The molecule has 0 spiro atoms. The summed E-state index contributed by atoms with van der Waals surface area (Å²) in [4.78, 5) is 0.612. The molecular weight excluding hydrogens is 199 g/mol. The third kappa shape index (κ3) is 3.03. The quantitative estimate of drug-likeness (QED) is 0.457. The van der Waals surface area contributed by atoms with Gasteiger partial charge in [-0.15, -0.1) is 11.8 Å². The lowest BCUT2D eigenvalue weighted by Gasteiger charge is -2.08. The maximum atomic E-state index is 13.1. The van der Waals surface area contributed by atoms with Gasteiger partial charge in [0.05, 0.1) is 5.84 Å². The molecule has 0 bridgehead atoms. The van der Waals surface area contributed by atoms with Crippen molar-refractivity contribution < 1.29 is 4.39 Å². The number of rotatable bonds is 4. The van der Waals surface area contributed by atoms with Crippen LogP contribution in [0.1, 0.15) is 6.92 Å². The largest absolute Gasteiger partial charge is 0.387 e. The minimum atomic E-state index is -0.215. The first-order valence-electron chi connectivity index (χ1n) is 4.32. The number of thioether (sulfide) groups is 1. The van der Waals surface area contributed by atoms with Crippen LogP contribution in [-0.2, 0) is 0 Å². The molecular formula is C10H13FN2S. The Morgan fingerprint density at radius 1 is 1.57 bits per heavy atom. The molecule has 1 atom stereocenters. The van der Waals surface area contributed by atoms with Crippen LogP contribution in [0.2, 0.25) is 0 Å². The van der Waals surface area contributed by atoms with Crippen molar-refractivity contribution in [2.24, 2.45) is 11.7 Å². The van der Waals surface area contributed by atoms with E-state index >= 15 is 0 Å². The normalized spacial score (nSPS) is 12.4.